The summed E-state index contributed by atoms with van der Waals surface area (Å²) in [7, 11) is -1.36. The molecule has 0 bridgehead atoms. The number of hydrogen-bond donors (Lipinski definition) is 0. The summed E-state index contributed by atoms with van der Waals surface area (Å²) < 4.78 is 6.26. The average molecular weight is 677 g/mol. The summed E-state index contributed by atoms with van der Waals surface area (Å²) in [4.78, 5) is 8.72. The molecule has 0 atom stereocenters. The van der Waals surface area contributed by atoms with E-state index < -0.39 is 8.07 Å². The third-order valence-corrected chi connectivity index (χ3v) is 8.16. The predicted molar refractivity (Wildman–Crippen MR) is 152 cm³/mol. The van der Waals surface area contributed by atoms with Crippen LogP contribution in [0.2, 0.25) is 19.6 Å². The van der Waals surface area contributed by atoms with Gasteiger partial charge in [-0.05, 0) is 36.5 Å². The van der Waals surface area contributed by atoms with Gasteiger partial charge in [0, 0.05) is 37.9 Å². The molecule has 0 aliphatic carbocycles. The molecule has 3 heterocycles. The van der Waals surface area contributed by atoms with E-state index in [0.29, 0.717) is 0 Å². The van der Waals surface area contributed by atoms with E-state index in [9.17, 15) is 0 Å². The van der Waals surface area contributed by atoms with Gasteiger partial charge >= 0.3 is 0 Å². The molecule has 1 radical (unpaired) electrons. The average Bonchev–Trinajstić information content (AvgIpc) is 3.28. The van der Waals surface area contributed by atoms with Crippen molar-refractivity contribution in [3.05, 3.63) is 115 Å². The molecule has 6 aromatic rings. The van der Waals surface area contributed by atoms with E-state index in [1.807, 2.05) is 60.8 Å². The number of hydrogen-bond acceptors (Lipinski definition) is 3. The second-order valence-corrected chi connectivity index (χ2v) is 14.9. The Hall–Kier alpha value is -3.37. The standard InChI is InChI=1S/C21H20NOSi.C11H8N.Ir/c1-14-10-11-22-19(12-14)18-7-5-6-17-16-9-8-15(24(2,3)4)13-20(16)23-21(17)18;1-2-6-10(7-3-1)11-8-4-5-9-12-11;/h5-6,8-13H,1-4H3;1-6,8-9H;/q2*-1;. The Morgan fingerprint density at radius 3 is 2.24 bits per heavy atom. The first kappa shape index (κ1) is 26.7. The molecule has 3 aromatic carbocycles. The number of aryl methyl sites for hydroxylation is 1. The van der Waals surface area contributed by atoms with E-state index in [1.165, 1.54) is 10.8 Å². The molecule has 0 unspecified atom stereocenters. The zero-order valence-electron chi connectivity index (χ0n) is 21.4. The largest absolute Gasteiger partial charge is 0.501 e. The number of fused-ring (bicyclic) bond motifs is 3. The van der Waals surface area contributed by atoms with E-state index in [4.69, 9.17) is 4.42 Å². The van der Waals surface area contributed by atoms with Gasteiger partial charge in [0.25, 0.3) is 0 Å². The molecule has 0 amide bonds. The maximum atomic E-state index is 6.26. The van der Waals surface area contributed by atoms with Crippen molar-refractivity contribution in [1.29, 1.82) is 0 Å². The van der Waals surface area contributed by atoms with Crippen LogP contribution in [-0.4, -0.2) is 18.0 Å². The van der Waals surface area contributed by atoms with Gasteiger partial charge < -0.3 is 14.4 Å². The van der Waals surface area contributed by atoms with Crippen LogP contribution in [0, 0.1) is 19.1 Å². The second-order valence-electron chi connectivity index (χ2n) is 9.87. The Balaban J connectivity index is 0.000000208. The van der Waals surface area contributed by atoms with Gasteiger partial charge in [-0.2, -0.15) is 0 Å². The second kappa shape index (κ2) is 11.3. The Morgan fingerprint density at radius 1 is 0.730 bits per heavy atom. The maximum Gasteiger partial charge on any atom is 0.120 e. The zero-order chi connectivity index (χ0) is 25.1. The van der Waals surface area contributed by atoms with Crippen molar-refractivity contribution < 1.29 is 24.5 Å². The first-order valence-corrected chi connectivity index (χ1v) is 15.6. The maximum absolute atomic E-state index is 6.26. The van der Waals surface area contributed by atoms with Crippen LogP contribution < -0.4 is 5.19 Å². The summed E-state index contributed by atoms with van der Waals surface area (Å²) in [5, 5.41) is 3.70. The van der Waals surface area contributed by atoms with Crippen LogP contribution in [0.4, 0.5) is 0 Å². The smallest absolute Gasteiger partial charge is 0.120 e. The molecule has 3 nitrogen and oxygen atoms in total. The quantitative estimate of drug-likeness (QED) is 0.142. The Labute approximate surface area is 233 Å². The third kappa shape index (κ3) is 5.96. The molecule has 0 aliphatic rings. The molecule has 0 spiro atoms. The molecule has 0 fully saturated rings. The minimum atomic E-state index is -1.36. The summed E-state index contributed by atoms with van der Waals surface area (Å²) in [6.45, 7) is 9.14. The Bertz CT molecular complexity index is 1590. The predicted octanol–water partition coefficient (Wildman–Crippen LogP) is 7.85. The van der Waals surface area contributed by atoms with Gasteiger partial charge in [0.05, 0.1) is 13.7 Å². The first-order valence-electron chi connectivity index (χ1n) is 12.1. The normalized spacial score (nSPS) is 11.0. The summed E-state index contributed by atoms with van der Waals surface area (Å²) in [6, 6.07) is 34.9. The summed E-state index contributed by atoms with van der Waals surface area (Å²) in [5.41, 5.74) is 6.86. The van der Waals surface area contributed by atoms with Gasteiger partial charge in [0.1, 0.15) is 5.58 Å². The molecule has 0 N–H and O–H groups in total. The van der Waals surface area contributed by atoms with Crippen LogP contribution in [0.15, 0.2) is 102 Å². The molecule has 0 saturated carbocycles. The van der Waals surface area contributed by atoms with Crippen molar-refractivity contribution in [3.63, 3.8) is 0 Å². The van der Waals surface area contributed by atoms with E-state index in [0.717, 1.165) is 44.5 Å². The Kier molecular flexibility index (Phi) is 8.18. The number of aromatic nitrogens is 2. The van der Waals surface area contributed by atoms with Crippen molar-refractivity contribution in [2.75, 3.05) is 0 Å². The molecular weight excluding hydrogens is 649 g/mol. The fourth-order valence-corrected chi connectivity index (χ4v) is 5.29. The molecule has 37 heavy (non-hydrogen) atoms. The van der Waals surface area contributed by atoms with Crippen LogP contribution in [0.5, 0.6) is 0 Å². The first-order chi connectivity index (χ1) is 17.4. The SMILES string of the molecule is Cc1ccnc(-c2[c-]ccc3c2oc2cc([Si](C)(C)C)ccc23)c1.[Ir].[c-]1ccccc1-c1ccccn1. The fourth-order valence-electron chi connectivity index (χ4n) is 4.15. The number of rotatable bonds is 3. The van der Waals surface area contributed by atoms with Crippen molar-refractivity contribution in [3.8, 4) is 22.5 Å². The zero-order valence-corrected chi connectivity index (χ0v) is 24.8. The van der Waals surface area contributed by atoms with E-state index >= 15 is 0 Å². The van der Waals surface area contributed by atoms with Gasteiger partial charge in [0.2, 0.25) is 0 Å². The van der Waals surface area contributed by atoms with Gasteiger partial charge in [-0.3, -0.25) is 0 Å². The van der Waals surface area contributed by atoms with Gasteiger partial charge in [-0.15, -0.1) is 54.1 Å². The molecule has 5 heteroatoms. The monoisotopic (exact) mass is 677 g/mol. The number of benzene rings is 3. The van der Waals surface area contributed by atoms with Crippen molar-refractivity contribution in [2.45, 2.75) is 26.6 Å². The van der Waals surface area contributed by atoms with Crippen molar-refractivity contribution in [2.24, 2.45) is 0 Å². The minimum absolute atomic E-state index is 0. The summed E-state index contributed by atoms with van der Waals surface area (Å²) in [5.74, 6) is 0. The van der Waals surface area contributed by atoms with Gasteiger partial charge in [-0.25, -0.2) is 0 Å². The summed E-state index contributed by atoms with van der Waals surface area (Å²) in [6.07, 6.45) is 3.62. The van der Waals surface area contributed by atoms with Crippen molar-refractivity contribution in [1.82, 2.24) is 9.97 Å². The van der Waals surface area contributed by atoms with Crippen LogP contribution in [0.1, 0.15) is 5.56 Å². The van der Waals surface area contributed by atoms with Gasteiger partial charge in [-0.1, -0.05) is 71.7 Å². The summed E-state index contributed by atoms with van der Waals surface area (Å²) >= 11 is 0. The van der Waals surface area contributed by atoms with E-state index in [1.54, 1.807) is 6.20 Å². The molecular formula is C32H28IrN2OSi-2. The van der Waals surface area contributed by atoms with E-state index in [2.05, 4.69) is 79.0 Å². The van der Waals surface area contributed by atoms with Crippen LogP contribution in [-0.2, 0) is 20.1 Å². The van der Waals surface area contributed by atoms with Crippen molar-refractivity contribution >= 4 is 35.2 Å². The third-order valence-electron chi connectivity index (χ3n) is 6.12. The molecule has 0 saturated heterocycles. The Morgan fingerprint density at radius 2 is 1.54 bits per heavy atom. The molecule has 6 rings (SSSR count). The van der Waals surface area contributed by atoms with Gasteiger partial charge in [0.15, 0.2) is 0 Å². The topological polar surface area (TPSA) is 38.9 Å². The van der Waals surface area contributed by atoms with E-state index in [-0.39, 0.29) is 20.1 Å². The number of pyridine rings is 2. The molecule has 0 aliphatic heterocycles. The number of furan rings is 1. The van der Waals surface area contributed by atoms with Crippen LogP contribution in [0.3, 0.4) is 0 Å². The minimum Gasteiger partial charge on any atom is -0.501 e. The fraction of sp³-hybridized carbons (Fsp3) is 0.125. The van der Waals surface area contributed by atoms with Crippen LogP contribution in [0.25, 0.3) is 44.5 Å². The van der Waals surface area contributed by atoms with Crippen LogP contribution >= 0.6 is 0 Å². The molecule has 187 valence electrons. The molecule has 3 aromatic heterocycles. The number of nitrogens with zero attached hydrogens (tertiary/aromatic N) is 2.